The Hall–Kier alpha value is -2.80. The van der Waals surface area contributed by atoms with Gasteiger partial charge in [-0.2, -0.15) is 5.26 Å². The summed E-state index contributed by atoms with van der Waals surface area (Å²) in [6, 6.07) is 19.8. The zero-order valence-corrected chi connectivity index (χ0v) is 15.1. The van der Waals surface area contributed by atoms with E-state index in [0.29, 0.717) is 5.75 Å². The molecule has 2 aromatic rings. The first-order chi connectivity index (χ1) is 11.9. The zero-order valence-electron chi connectivity index (χ0n) is 15.1. The fourth-order valence-electron chi connectivity index (χ4n) is 2.27. The summed E-state index contributed by atoms with van der Waals surface area (Å²) in [5.74, 6) is 0.314. The fraction of sp³-hybridized carbons (Fsp3) is 0.333. The average Bonchev–Trinajstić information content (AvgIpc) is 2.62. The molecule has 1 N–H and O–H groups in total. The summed E-state index contributed by atoms with van der Waals surface area (Å²) in [5.41, 5.74) is 1.30. The van der Waals surface area contributed by atoms with Crippen LogP contribution in [0, 0.1) is 17.2 Å². The van der Waals surface area contributed by atoms with Gasteiger partial charge >= 0.3 is 0 Å². The number of carbonyl (C=O) groups excluding carboxylic acids is 1. The van der Waals surface area contributed by atoms with Gasteiger partial charge in [0.05, 0.1) is 6.07 Å². The summed E-state index contributed by atoms with van der Waals surface area (Å²) >= 11 is 0. The minimum absolute atomic E-state index is 0.00111. The number of nitrogens with zero attached hydrogens (tertiary/aromatic N) is 1. The summed E-state index contributed by atoms with van der Waals surface area (Å²) in [6.45, 7) is 7.20. The van der Waals surface area contributed by atoms with Gasteiger partial charge in [0.1, 0.15) is 11.3 Å². The van der Waals surface area contributed by atoms with Crippen LogP contribution in [0.2, 0.25) is 0 Å². The van der Waals surface area contributed by atoms with Gasteiger partial charge in [0, 0.05) is 0 Å². The molecule has 25 heavy (non-hydrogen) atoms. The number of carbonyl (C=O) groups is 1. The van der Waals surface area contributed by atoms with Crippen LogP contribution in [0.3, 0.4) is 0 Å². The predicted molar refractivity (Wildman–Crippen MR) is 99.0 cm³/mol. The fourth-order valence-corrected chi connectivity index (χ4v) is 2.27. The van der Waals surface area contributed by atoms with E-state index in [1.54, 1.807) is 13.8 Å². The van der Waals surface area contributed by atoms with Crippen molar-refractivity contribution in [2.75, 3.05) is 0 Å². The van der Waals surface area contributed by atoms with E-state index < -0.39 is 11.6 Å². The maximum absolute atomic E-state index is 12.3. The molecule has 0 aliphatic rings. The molecule has 0 saturated carbocycles. The topological polar surface area (TPSA) is 62.1 Å². The minimum atomic E-state index is -0.911. The molecular weight excluding hydrogens is 312 g/mol. The normalized spacial score (nSPS) is 14.2. The standard InChI is InChI=1S/C21H24N2O2/c1-15(2)21(4,14-22)23-20(24)16(3)25-19-12-10-18(11-13-19)17-8-6-5-7-9-17/h5-13,15-16H,1-4H3,(H,23,24)/t16-,21+/m1/s1. The molecule has 2 rings (SSSR count). The number of nitrogens with one attached hydrogen (secondary N) is 1. The molecule has 0 fully saturated rings. The van der Waals surface area contributed by atoms with Crippen LogP contribution in [0.5, 0.6) is 5.75 Å². The van der Waals surface area contributed by atoms with Gasteiger partial charge < -0.3 is 10.1 Å². The lowest BCUT2D eigenvalue weighted by atomic mass is 9.90. The molecule has 0 aromatic heterocycles. The summed E-state index contributed by atoms with van der Waals surface area (Å²) in [5, 5.41) is 12.1. The highest BCUT2D eigenvalue weighted by atomic mass is 16.5. The van der Waals surface area contributed by atoms with Gasteiger partial charge in [-0.25, -0.2) is 0 Å². The van der Waals surface area contributed by atoms with Gasteiger partial charge in [0.15, 0.2) is 6.10 Å². The highest BCUT2D eigenvalue weighted by molar-refractivity contribution is 5.82. The summed E-state index contributed by atoms with van der Waals surface area (Å²) in [7, 11) is 0. The molecule has 0 aliphatic carbocycles. The van der Waals surface area contributed by atoms with E-state index in [1.807, 2.05) is 68.4 Å². The van der Waals surface area contributed by atoms with Crippen LogP contribution in [0.15, 0.2) is 54.6 Å². The van der Waals surface area contributed by atoms with E-state index in [4.69, 9.17) is 4.74 Å². The molecule has 0 bridgehead atoms. The van der Waals surface area contributed by atoms with Gasteiger partial charge in [-0.1, -0.05) is 56.3 Å². The Kier molecular flexibility index (Phi) is 5.82. The first kappa shape index (κ1) is 18.5. The Bertz CT molecular complexity index is 748. The molecule has 4 nitrogen and oxygen atoms in total. The maximum atomic E-state index is 12.3. The van der Waals surface area contributed by atoms with Crippen molar-refractivity contribution in [1.29, 1.82) is 5.26 Å². The van der Waals surface area contributed by atoms with E-state index in [-0.39, 0.29) is 11.8 Å². The molecule has 130 valence electrons. The monoisotopic (exact) mass is 336 g/mol. The number of nitriles is 1. The van der Waals surface area contributed by atoms with Crippen molar-refractivity contribution in [3.63, 3.8) is 0 Å². The zero-order chi connectivity index (χ0) is 18.4. The highest BCUT2D eigenvalue weighted by Crippen LogP contribution is 2.23. The van der Waals surface area contributed by atoms with Crippen LogP contribution in [-0.2, 0) is 4.79 Å². The van der Waals surface area contributed by atoms with Crippen LogP contribution in [-0.4, -0.2) is 17.6 Å². The molecule has 0 heterocycles. The molecule has 1 amide bonds. The maximum Gasteiger partial charge on any atom is 0.262 e. The molecule has 0 saturated heterocycles. The Morgan fingerprint density at radius 3 is 2.12 bits per heavy atom. The molecule has 2 atom stereocenters. The Morgan fingerprint density at radius 2 is 1.60 bits per heavy atom. The molecular formula is C21H24N2O2. The van der Waals surface area contributed by atoms with Crippen molar-refractivity contribution >= 4 is 5.91 Å². The summed E-state index contributed by atoms with van der Waals surface area (Å²) < 4.78 is 5.72. The summed E-state index contributed by atoms with van der Waals surface area (Å²) in [6.07, 6.45) is -0.686. The smallest absolute Gasteiger partial charge is 0.262 e. The quantitative estimate of drug-likeness (QED) is 0.861. The van der Waals surface area contributed by atoms with E-state index in [2.05, 4.69) is 11.4 Å². The lowest BCUT2D eigenvalue weighted by Gasteiger charge is -2.28. The van der Waals surface area contributed by atoms with Gasteiger partial charge in [-0.3, -0.25) is 4.79 Å². The van der Waals surface area contributed by atoms with Crippen molar-refractivity contribution < 1.29 is 9.53 Å². The van der Waals surface area contributed by atoms with Gasteiger partial charge in [-0.05, 0) is 43.0 Å². The van der Waals surface area contributed by atoms with Crippen LogP contribution < -0.4 is 10.1 Å². The number of hydrogen-bond acceptors (Lipinski definition) is 3. The number of amides is 1. The van der Waals surface area contributed by atoms with Crippen LogP contribution in [0.1, 0.15) is 27.7 Å². The van der Waals surface area contributed by atoms with Crippen LogP contribution >= 0.6 is 0 Å². The van der Waals surface area contributed by atoms with E-state index in [1.165, 1.54) is 0 Å². The molecule has 4 heteroatoms. The highest BCUT2D eigenvalue weighted by Gasteiger charge is 2.32. The van der Waals surface area contributed by atoms with Gasteiger partial charge in [0.25, 0.3) is 5.91 Å². The van der Waals surface area contributed by atoms with E-state index in [9.17, 15) is 10.1 Å². The lowest BCUT2D eigenvalue weighted by Crippen LogP contribution is -2.52. The molecule has 0 spiro atoms. The third-order valence-electron chi connectivity index (χ3n) is 4.41. The molecule has 0 radical (unpaired) electrons. The molecule has 0 aliphatic heterocycles. The van der Waals surface area contributed by atoms with Crippen molar-refractivity contribution in [3.05, 3.63) is 54.6 Å². The van der Waals surface area contributed by atoms with E-state index in [0.717, 1.165) is 11.1 Å². The van der Waals surface area contributed by atoms with Crippen molar-refractivity contribution in [2.45, 2.75) is 39.3 Å². The Labute approximate surface area is 149 Å². The Morgan fingerprint density at radius 1 is 1.04 bits per heavy atom. The number of rotatable bonds is 6. The second-order valence-electron chi connectivity index (χ2n) is 6.61. The largest absolute Gasteiger partial charge is 0.481 e. The van der Waals surface area contributed by atoms with Gasteiger partial charge in [0.2, 0.25) is 0 Å². The summed E-state index contributed by atoms with van der Waals surface area (Å²) in [4.78, 5) is 12.3. The predicted octanol–water partition coefficient (Wildman–Crippen LogP) is 4.18. The first-order valence-corrected chi connectivity index (χ1v) is 8.41. The average molecular weight is 336 g/mol. The van der Waals surface area contributed by atoms with Crippen LogP contribution in [0.4, 0.5) is 0 Å². The molecule has 0 unspecified atom stereocenters. The van der Waals surface area contributed by atoms with Crippen LogP contribution in [0.25, 0.3) is 11.1 Å². The second-order valence-corrected chi connectivity index (χ2v) is 6.61. The third-order valence-corrected chi connectivity index (χ3v) is 4.41. The SMILES string of the molecule is CC(C)[C@](C)(C#N)NC(=O)[C@@H](C)Oc1ccc(-c2ccccc2)cc1. The number of benzene rings is 2. The van der Waals surface area contributed by atoms with Crippen molar-refractivity contribution in [3.8, 4) is 22.9 Å². The molecule has 2 aromatic carbocycles. The Balaban J connectivity index is 2.02. The van der Waals surface area contributed by atoms with E-state index >= 15 is 0 Å². The first-order valence-electron chi connectivity index (χ1n) is 8.41. The number of ether oxygens (including phenoxy) is 1. The van der Waals surface area contributed by atoms with Gasteiger partial charge in [-0.15, -0.1) is 0 Å². The van der Waals surface area contributed by atoms with Crippen molar-refractivity contribution in [1.82, 2.24) is 5.32 Å². The third kappa shape index (κ3) is 4.60. The van der Waals surface area contributed by atoms with Crippen molar-refractivity contribution in [2.24, 2.45) is 5.92 Å². The lowest BCUT2D eigenvalue weighted by molar-refractivity contribution is -0.128. The minimum Gasteiger partial charge on any atom is -0.481 e. The number of hydrogen-bond donors (Lipinski definition) is 1. The second kappa shape index (κ2) is 7.85.